The minimum atomic E-state index is -0.656. The van der Waals surface area contributed by atoms with Crippen LogP contribution in [-0.4, -0.2) is 11.8 Å². The van der Waals surface area contributed by atoms with Crippen LogP contribution in [0.15, 0.2) is 0 Å². The molecule has 1 fully saturated rings. The second-order valence-electron chi connectivity index (χ2n) is 5.52. The van der Waals surface area contributed by atoms with Gasteiger partial charge in [-0.25, -0.2) is 0 Å². The second-order valence-corrected chi connectivity index (χ2v) is 5.52. The highest BCUT2D eigenvalue weighted by Gasteiger charge is 2.63. The molecule has 0 aromatic carbocycles. The summed E-state index contributed by atoms with van der Waals surface area (Å²) in [6.45, 7) is 7.44. The molecule has 0 heterocycles. The average Bonchev–Trinajstić information content (AvgIpc) is 2.28. The third kappa shape index (κ3) is 1.20. The van der Waals surface area contributed by atoms with Gasteiger partial charge >= 0.3 is 0 Å². The molecule has 2 amide bonds. The maximum Gasteiger partial charge on any atom is 0.223 e. The van der Waals surface area contributed by atoms with Crippen LogP contribution >= 0.6 is 0 Å². The summed E-state index contributed by atoms with van der Waals surface area (Å²) >= 11 is 0. The second kappa shape index (κ2) is 2.97. The van der Waals surface area contributed by atoms with Gasteiger partial charge in [0.15, 0.2) is 0 Å². The molecule has 0 bridgehead atoms. The molecule has 0 spiro atoms. The highest BCUT2D eigenvalue weighted by molar-refractivity contribution is 5.87. The Morgan fingerprint density at radius 1 is 0.867 bits per heavy atom. The molecule has 0 aromatic rings. The summed E-state index contributed by atoms with van der Waals surface area (Å²) in [6.07, 6.45) is 1.24. The number of primary amides is 2. The standard InChI is InChI=1S/C11H20N2O2/c1-9(2)10(3,7(12)14)5-6-11(9,4)8(13)15/h5-6H2,1-4H3,(H2,12,14)(H2,13,15). The number of carbonyl (C=O) groups excluding carboxylic acids is 2. The summed E-state index contributed by atoms with van der Waals surface area (Å²) < 4.78 is 0. The van der Waals surface area contributed by atoms with Crippen LogP contribution < -0.4 is 11.5 Å². The van der Waals surface area contributed by atoms with Crippen molar-refractivity contribution in [2.24, 2.45) is 27.7 Å². The van der Waals surface area contributed by atoms with Gasteiger partial charge in [0.05, 0.1) is 10.8 Å². The van der Waals surface area contributed by atoms with Crippen molar-refractivity contribution in [3.8, 4) is 0 Å². The summed E-state index contributed by atoms with van der Waals surface area (Å²) in [4.78, 5) is 23.0. The Kier molecular flexibility index (Phi) is 2.38. The molecule has 4 heteroatoms. The van der Waals surface area contributed by atoms with Crippen molar-refractivity contribution in [1.29, 1.82) is 0 Å². The fraction of sp³-hybridized carbons (Fsp3) is 0.818. The zero-order chi connectivity index (χ0) is 12.1. The van der Waals surface area contributed by atoms with Crippen LogP contribution in [0.2, 0.25) is 0 Å². The molecule has 1 saturated carbocycles. The molecule has 1 aliphatic rings. The quantitative estimate of drug-likeness (QED) is 0.709. The molecule has 2 unspecified atom stereocenters. The van der Waals surface area contributed by atoms with Crippen molar-refractivity contribution in [1.82, 2.24) is 0 Å². The molecule has 15 heavy (non-hydrogen) atoms. The number of hydrogen-bond acceptors (Lipinski definition) is 2. The summed E-state index contributed by atoms with van der Waals surface area (Å²) in [6, 6.07) is 0. The highest BCUT2D eigenvalue weighted by atomic mass is 16.2. The lowest BCUT2D eigenvalue weighted by molar-refractivity contribution is -0.141. The van der Waals surface area contributed by atoms with E-state index in [1.165, 1.54) is 0 Å². The minimum absolute atomic E-state index is 0.350. The largest absolute Gasteiger partial charge is 0.369 e. The Morgan fingerprint density at radius 2 is 1.13 bits per heavy atom. The molecular weight excluding hydrogens is 192 g/mol. The van der Waals surface area contributed by atoms with Crippen molar-refractivity contribution in [3.05, 3.63) is 0 Å². The molecule has 4 nitrogen and oxygen atoms in total. The first-order chi connectivity index (χ1) is 6.59. The van der Waals surface area contributed by atoms with Crippen LogP contribution in [0.25, 0.3) is 0 Å². The molecular formula is C11H20N2O2. The Bertz CT molecular complexity index is 295. The third-order valence-corrected chi connectivity index (χ3v) is 4.97. The van der Waals surface area contributed by atoms with Gasteiger partial charge in [-0.2, -0.15) is 0 Å². The van der Waals surface area contributed by atoms with E-state index < -0.39 is 16.2 Å². The first-order valence-electron chi connectivity index (χ1n) is 5.19. The van der Waals surface area contributed by atoms with E-state index in [9.17, 15) is 9.59 Å². The lowest BCUT2D eigenvalue weighted by Gasteiger charge is -2.43. The van der Waals surface area contributed by atoms with Gasteiger partial charge in [0.1, 0.15) is 0 Å². The number of amides is 2. The van der Waals surface area contributed by atoms with Gasteiger partial charge in [0.2, 0.25) is 11.8 Å². The Labute approximate surface area is 90.4 Å². The molecule has 2 atom stereocenters. The summed E-state index contributed by atoms with van der Waals surface area (Å²) in [7, 11) is 0. The third-order valence-electron chi connectivity index (χ3n) is 4.97. The lowest BCUT2D eigenvalue weighted by atomic mass is 9.59. The van der Waals surface area contributed by atoms with E-state index in [0.29, 0.717) is 12.8 Å². The Hall–Kier alpha value is -1.06. The van der Waals surface area contributed by atoms with E-state index in [1.54, 1.807) is 0 Å². The maximum atomic E-state index is 11.5. The number of hydrogen-bond donors (Lipinski definition) is 2. The molecule has 1 aliphatic carbocycles. The SMILES string of the molecule is CC1(C(N)=O)CCC(C)(C(N)=O)C1(C)C. The summed E-state index contributed by atoms with van der Waals surface area (Å²) in [5.74, 6) is -0.699. The number of nitrogens with two attached hydrogens (primary N) is 2. The molecule has 0 aromatic heterocycles. The molecule has 1 rings (SSSR count). The predicted molar refractivity (Wildman–Crippen MR) is 57.6 cm³/mol. The Balaban J connectivity index is 3.26. The minimum Gasteiger partial charge on any atom is -0.369 e. The normalized spacial score (nSPS) is 38.9. The van der Waals surface area contributed by atoms with Crippen LogP contribution in [0, 0.1) is 16.2 Å². The van der Waals surface area contributed by atoms with Crippen LogP contribution in [0.3, 0.4) is 0 Å². The van der Waals surface area contributed by atoms with E-state index in [4.69, 9.17) is 11.5 Å². The zero-order valence-electron chi connectivity index (χ0n) is 9.89. The van der Waals surface area contributed by atoms with Gasteiger partial charge in [0.25, 0.3) is 0 Å². The van der Waals surface area contributed by atoms with Crippen LogP contribution in [0.1, 0.15) is 40.5 Å². The summed E-state index contributed by atoms with van der Waals surface area (Å²) in [5, 5.41) is 0. The zero-order valence-corrected chi connectivity index (χ0v) is 9.89. The van der Waals surface area contributed by atoms with Gasteiger partial charge in [-0.15, -0.1) is 0 Å². The van der Waals surface area contributed by atoms with Crippen molar-refractivity contribution in [2.75, 3.05) is 0 Å². The van der Waals surface area contributed by atoms with Crippen LogP contribution in [0.5, 0.6) is 0 Å². The average molecular weight is 212 g/mol. The van der Waals surface area contributed by atoms with E-state index >= 15 is 0 Å². The molecule has 86 valence electrons. The number of rotatable bonds is 2. The number of carbonyl (C=O) groups is 2. The van der Waals surface area contributed by atoms with Crippen molar-refractivity contribution in [2.45, 2.75) is 40.5 Å². The van der Waals surface area contributed by atoms with Gasteiger partial charge in [0, 0.05) is 0 Å². The van der Waals surface area contributed by atoms with Crippen LogP contribution in [0.4, 0.5) is 0 Å². The van der Waals surface area contributed by atoms with Crippen molar-refractivity contribution < 1.29 is 9.59 Å². The molecule has 0 radical (unpaired) electrons. The topological polar surface area (TPSA) is 86.2 Å². The van der Waals surface area contributed by atoms with E-state index in [1.807, 2.05) is 27.7 Å². The molecule has 0 aliphatic heterocycles. The van der Waals surface area contributed by atoms with Crippen molar-refractivity contribution in [3.63, 3.8) is 0 Å². The molecule has 4 N–H and O–H groups in total. The van der Waals surface area contributed by atoms with Gasteiger partial charge in [-0.05, 0) is 18.3 Å². The monoisotopic (exact) mass is 212 g/mol. The molecule has 0 saturated heterocycles. The Morgan fingerprint density at radius 3 is 1.27 bits per heavy atom. The fourth-order valence-electron chi connectivity index (χ4n) is 2.60. The first-order valence-corrected chi connectivity index (χ1v) is 5.19. The van der Waals surface area contributed by atoms with Gasteiger partial charge in [-0.3, -0.25) is 9.59 Å². The first kappa shape index (κ1) is 12.0. The predicted octanol–water partition coefficient (Wildman–Crippen LogP) is 0.790. The summed E-state index contributed by atoms with van der Waals surface area (Å²) in [5.41, 5.74) is 9.06. The highest BCUT2D eigenvalue weighted by Crippen LogP contribution is 2.62. The van der Waals surface area contributed by atoms with E-state index in [-0.39, 0.29) is 11.8 Å². The lowest BCUT2D eigenvalue weighted by Crippen LogP contribution is -2.52. The maximum absolute atomic E-state index is 11.5. The smallest absolute Gasteiger partial charge is 0.223 e. The fourth-order valence-corrected chi connectivity index (χ4v) is 2.60. The van der Waals surface area contributed by atoms with Gasteiger partial charge < -0.3 is 11.5 Å². The van der Waals surface area contributed by atoms with E-state index in [2.05, 4.69) is 0 Å². The van der Waals surface area contributed by atoms with Crippen LogP contribution in [-0.2, 0) is 9.59 Å². The van der Waals surface area contributed by atoms with Crippen molar-refractivity contribution >= 4 is 11.8 Å². The van der Waals surface area contributed by atoms with E-state index in [0.717, 1.165) is 0 Å². The van der Waals surface area contributed by atoms with Gasteiger partial charge in [-0.1, -0.05) is 27.7 Å².